The highest BCUT2D eigenvalue weighted by Crippen LogP contribution is 2.32. The lowest BCUT2D eigenvalue weighted by Gasteiger charge is -2.34. The summed E-state index contributed by atoms with van der Waals surface area (Å²) in [5.74, 6) is 1.14. The van der Waals surface area contributed by atoms with Gasteiger partial charge < -0.3 is 24.3 Å². The maximum atomic E-state index is 13.2. The van der Waals surface area contributed by atoms with Crippen LogP contribution in [0.3, 0.4) is 0 Å². The van der Waals surface area contributed by atoms with Crippen molar-refractivity contribution in [2.24, 2.45) is 0 Å². The van der Waals surface area contributed by atoms with E-state index in [1.54, 1.807) is 26.4 Å². The lowest BCUT2D eigenvalue weighted by Crippen LogP contribution is -2.43. The zero-order valence-corrected chi connectivity index (χ0v) is 15.2. The van der Waals surface area contributed by atoms with Gasteiger partial charge >= 0.3 is 0 Å². The maximum absolute atomic E-state index is 13.2. The van der Waals surface area contributed by atoms with Crippen molar-refractivity contribution in [1.29, 1.82) is 0 Å². The smallest absolute Gasteiger partial charge is 0.177 e. The Morgan fingerprint density at radius 3 is 2.35 bits per heavy atom. The predicted molar refractivity (Wildman–Crippen MR) is 95.9 cm³/mol. The first-order valence-corrected chi connectivity index (χ1v) is 8.59. The van der Waals surface area contributed by atoms with Gasteiger partial charge in [-0.2, -0.15) is 0 Å². The molecule has 0 amide bonds. The molecule has 0 aromatic heterocycles. The molecular formula is C20H24FNO4. The van der Waals surface area contributed by atoms with Gasteiger partial charge in [-0.25, -0.2) is 4.39 Å². The lowest BCUT2D eigenvalue weighted by atomic mass is 10.0. The van der Waals surface area contributed by atoms with E-state index in [0.717, 1.165) is 11.1 Å². The molecule has 2 aromatic carbocycles. The first-order valence-electron chi connectivity index (χ1n) is 8.59. The average Bonchev–Trinajstić information content (AvgIpc) is 2.68. The molecule has 5 nitrogen and oxygen atoms in total. The average molecular weight is 361 g/mol. The Morgan fingerprint density at radius 1 is 1.08 bits per heavy atom. The van der Waals surface area contributed by atoms with E-state index in [4.69, 9.17) is 18.9 Å². The van der Waals surface area contributed by atoms with Crippen molar-refractivity contribution in [3.05, 3.63) is 59.4 Å². The zero-order valence-electron chi connectivity index (χ0n) is 15.2. The lowest BCUT2D eigenvalue weighted by molar-refractivity contribution is -0.200. The topological polar surface area (TPSA) is 49.0 Å². The molecule has 6 heteroatoms. The van der Waals surface area contributed by atoms with Crippen LogP contribution in [-0.4, -0.2) is 33.7 Å². The SMILES string of the molecule is COc1cc(OC)cc([C@@H](C)O[C@H]2OCCN[C@H]2c2ccc(F)cc2)c1. The number of hydrogen-bond donors (Lipinski definition) is 1. The maximum Gasteiger partial charge on any atom is 0.177 e. The Labute approximate surface area is 153 Å². The van der Waals surface area contributed by atoms with Gasteiger partial charge in [0.2, 0.25) is 0 Å². The van der Waals surface area contributed by atoms with E-state index in [2.05, 4.69) is 5.32 Å². The molecule has 0 bridgehead atoms. The van der Waals surface area contributed by atoms with Gasteiger partial charge in [-0.3, -0.25) is 0 Å². The molecule has 1 N–H and O–H groups in total. The van der Waals surface area contributed by atoms with Crippen molar-refractivity contribution in [3.8, 4) is 11.5 Å². The molecule has 2 aromatic rings. The van der Waals surface area contributed by atoms with Crippen LogP contribution in [0.5, 0.6) is 11.5 Å². The van der Waals surface area contributed by atoms with Gasteiger partial charge in [-0.15, -0.1) is 0 Å². The predicted octanol–water partition coefficient (Wildman–Crippen LogP) is 3.61. The fourth-order valence-electron chi connectivity index (χ4n) is 2.99. The number of morpholine rings is 1. The van der Waals surface area contributed by atoms with Gasteiger partial charge in [0.1, 0.15) is 17.3 Å². The molecule has 0 radical (unpaired) electrons. The summed E-state index contributed by atoms with van der Waals surface area (Å²) in [4.78, 5) is 0. The molecule has 1 fully saturated rings. The van der Waals surface area contributed by atoms with Crippen LogP contribution in [0.25, 0.3) is 0 Å². The van der Waals surface area contributed by atoms with Crippen LogP contribution in [0, 0.1) is 5.82 Å². The minimum Gasteiger partial charge on any atom is -0.497 e. The number of ether oxygens (including phenoxy) is 4. The van der Waals surface area contributed by atoms with E-state index in [0.29, 0.717) is 24.7 Å². The third kappa shape index (κ3) is 4.33. The molecule has 0 spiro atoms. The summed E-state index contributed by atoms with van der Waals surface area (Å²) in [6.07, 6.45) is -0.728. The van der Waals surface area contributed by atoms with Crippen molar-refractivity contribution >= 4 is 0 Å². The summed E-state index contributed by atoms with van der Waals surface area (Å²) in [7, 11) is 3.23. The van der Waals surface area contributed by atoms with Gasteiger partial charge in [0.25, 0.3) is 0 Å². The quantitative estimate of drug-likeness (QED) is 0.852. The fourth-order valence-corrected chi connectivity index (χ4v) is 2.99. The van der Waals surface area contributed by atoms with Crippen molar-refractivity contribution in [1.82, 2.24) is 5.32 Å². The Balaban J connectivity index is 1.78. The van der Waals surface area contributed by atoms with Crippen LogP contribution in [0.2, 0.25) is 0 Å². The highest BCUT2D eigenvalue weighted by atomic mass is 19.1. The summed E-state index contributed by atoms with van der Waals surface area (Å²) in [5, 5.41) is 3.39. The highest BCUT2D eigenvalue weighted by molar-refractivity contribution is 5.39. The molecule has 1 heterocycles. The van der Waals surface area contributed by atoms with Gasteiger partial charge in [0, 0.05) is 12.6 Å². The van der Waals surface area contributed by atoms with Crippen molar-refractivity contribution in [2.75, 3.05) is 27.4 Å². The Hall–Kier alpha value is -2.15. The monoisotopic (exact) mass is 361 g/mol. The fraction of sp³-hybridized carbons (Fsp3) is 0.400. The number of nitrogens with one attached hydrogen (secondary N) is 1. The van der Waals surface area contributed by atoms with Crippen LogP contribution in [0.1, 0.15) is 30.2 Å². The summed E-state index contributed by atoms with van der Waals surface area (Å²) < 4.78 is 35.9. The first kappa shape index (κ1) is 18.6. The van der Waals surface area contributed by atoms with E-state index < -0.39 is 6.29 Å². The second-order valence-electron chi connectivity index (χ2n) is 6.15. The van der Waals surface area contributed by atoms with Crippen molar-refractivity contribution in [2.45, 2.75) is 25.4 Å². The van der Waals surface area contributed by atoms with Crippen LogP contribution in [0.15, 0.2) is 42.5 Å². The van der Waals surface area contributed by atoms with E-state index in [1.165, 1.54) is 12.1 Å². The molecule has 1 aliphatic rings. The highest BCUT2D eigenvalue weighted by Gasteiger charge is 2.30. The standard InChI is InChI=1S/C20H24FNO4/c1-13(15-10-17(23-2)12-18(11-15)24-3)26-20-19(22-8-9-25-20)14-4-6-16(21)7-5-14/h4-7,10-13,19-20,22H,8-9H2,1-3H3/t13-,19+,20-/m1/s1. The first-order chi connectivity index (χ1) is 12.6. The second kappa shape index (κ2) is 8.49. The molecule has 26 heavy (non-hydrogen) atoms. The summed E-state index contributed by atoms with van der Waals surface area (Å²) in [5.41, 5.74) is 1.85. The molecule has 0 saturated carbocycles. The summed E-state index contributed by atoms with van der Waals surface area (Å²) in [6, 6.07) is 11.9. The van der Waals surface area contributed by atoms with E-state index in [-0.39, 0.29) is 18.0 Å². The van der Waals surface area contributed by atoms with Gasteiger partial charge in [-0.1, -0.05) is 12.1 Å². The number of rotatable bonds is 6. The van der Waals surface area contributed by atoms with Crippen molar-refractivity contribution in [3.63, 3.8) is 0 Å². The number of hydrogen-bond acceptors (Lipinski definition) is 5. The Bertz CT molecular complexity index is 700. The van der Waals surface area contributed by atoms with Crippen LogP contribution in [0.4, 0.5) is 4.39 Å². The Kier molecular flexibility index (Phi) is 6.08. The Morgan fingerprint density at radius 2 is 1.73 bits per heavy atom. The van der Waals surface area contributed by atoms with Crippen LogP contribution >= 0.6 is 0 Å². The second-order valence-corrected chi connectivity index (χ2v) is 6.15. The molecule has 1 aliphatic heterocycles. The number of methoxy groups -OCH3 is 2. The molecule has 1 saturated heterocycles. The number of benzene rings is 2. The third-order valence-corrected chi connectivity index (χ3v) is 4.43. The molecule has 140 valence electrons. The summed E-state index contributed by atoms with van der Waals surface area (Å²) >= 11 is 0. The number of halogens is 1. The molecule has 0 aliphatic carbocycles. The minimum atomic E-state index is -0.485. The third-order valence-electron chi connectivity index (χ3n) is 4.43. The van der Waals surface area contributed by atoms with Crippen LogP contribution in [-0.2, 0) is 9.47 Å². The van der Waals surface area contributed by atoms with Gasteiger partial charge in [0.05, 0.1) is 33.0 Å². The van der Waals surface area contributed by atoms with Crippen molar-refractivity contribution < 1.29 is 23.3 Å². The van der Waals surface area contributed by atoms with E-state index >= 15 is 0 Å². The van der Waals surface area contributed by atoms with Gasteiger partial charge in [-0.05, 0) is 42.3 Å². The normalized spacial score (nSPS) is 21.2. The molecule has 3 rings (SSSR count). The molecule has 0 unspecified atom stereocenters. The molecule has 3 atom stereocenters. The zero-order chi connectivity index (χ0) is 18.5. The largest absolute Gasteiger partial charge is 0.497 e. The molecular weight excluding hydrogens is 337 g/mol. The van der Waals surface area contributed by atoms with E-state index in [9.17, 15) is 4.39 Å². The van der Waals surface area contributed by atoms with Crippen LogP contribution < -0.4 is 14.8 Å². The van der Waals surface area contributed by atoms with E-state index in [1.807, 2.05) is 25.1 Å². The minimum absolute atomic E-state index is 0.167. The van der Waals surface area contributed by atoms with Gasteiger partial charge in [0.15, 0.2) is 6.29 Å². The summed E-state index contributed by atoms with van der Waals surface area (Å²) in [6.45, 7) is 3.22.